The summed E-state index contributed by atoms with van der Waals surface area (Å²) in [4.78, 5) is 10.3. The molecule has 3 atom stereocenters. The predicted octanol–water partition coefficient (Wildman–Crippen LogP) is 2.91. The molecule has 0 aliphatic rings. The van der Waals surface area contributed by atoms with Crippen LogP contribution in [0.4, 0.5) is 0 Å². The summed E-state index contributed by atoms with van der Waals surface area (Å²) in [5, 5.41) is 37.2. The number of aliphatic hydroxyl groups is 3. The molecule has 0 aromatic rings. The number of carboxylic acid groups (broad SMARTS) is 1. The molecule has 5 nitrogen and oxygen atoms in total. The van der Waals surface area contributed by atoms with Gasteiger partial charge in [0.25, 0.3) is 0 Å². The minimum Gasteiger partial charge on any atom is -0.481 e. The summed E-state index contributed by atoms with van der Waals surface area (Å²) < 4.78 is 0. The van der Waals surface area contributed by atoms with Crippen LogP contribution >= 0.6 is 0 Å². The van der Waals surface area contributed by atoms with Gasteiger partial charge in [0, 0.05) is 6.42 Å². The van der Waals surface area contributed by atoms with Crippen molar-refractivity contribution >= 4 is 5.97 Å². The Balaban J connectivity index is 3.95. The summed E-state index contributed by atoms with van der Waals surface area (Å²) in [7, 11) is 0. The fourth-order valence-electron chi connectivity index (χ4n) is 1.78. The van der Waals surface area contributed by atoms with Crippen molar-refractivity contribution in [3.05, 3.63) is 60.8 Å². The maximum absolute atomic E-state index is 10.3. The van der Waals surface area contributed by atoms with E-state index >= 15 is 0 Å². The van der Waals surface area contributed by atoms with E-state index in [1.807, 2.05) is 13.0 Å². The quantitative estimate of drug-likeness (QED) is 0.383. The lowest BCUT2D eigenvalue weighted by Gasteiger charge is -2.02. The summed E-state index contributed by atoms with van der Waals surface area (Å²) in [5.41, 5.74) is 0. The van der Waals surface area contributed by atoms with Crippen LogP contribution in [0.15, 0.2) is 60.8 Å². The molecule has 0 aliphatic heterocycles. The first-order valence-electron chi connectivity index (χ1n) is 8.56. The summed E-state index contributed by atoms with van der Waals surface area (Å²) in [6, 6.07) is 0. The van der Waals surface area contributed by atoms with Crippen molar-refractivity contribution in [3.8, 4) is 0 Å². The molecule has 0 amide bonds. The average Bonchev–Trinajstić information content (AvgIpc) is 2.57. The number of rotatable bonds is 13. The number of carboxylic acids is 1. The molecule has 0 fully saturated rings. The molecule has 0 unspecified atom stereocenters. The van der Waals surface area contributed by atoms with Crippen LogP contribution in [0, 0.1) is 0 Å². The van der Waals surface area contributed by atoms with Crippen LogP contribution in [0.5, 0.6) is 0 Å². The Morgan fingerprint density at radius 3 is 2.00 bits per heavy atom. The lowest BCUT2D eigenvalue weighted by Crippen LogP contribution is -2.03. The van der Waals surface area contributed by atoms with Crippen molar-refractivity contribution in [2.24, 2.45) is 0 Å². The minimum atomic E-state index is -0.857. The second-order valence-corrected chi connectivity index (χ2v) is 5.60. The van der Waals surface area contributed by atoms with Gasteiger partial charge in [-0.05, 0) is 25.7 Å². The van der Waals surface area contributed by atoms with E-state index in [1.54, 1.807) is 54.7 Å². The smallest absolute Gasteiger partial charge is 0.303 e. The van der Waals surface area contributed by atoms with Crippen LogP contribution in [-0.4, -0.2) is 44.7 Å². The van der Waals surface area contributed by atoms with Crippen molar-refractivity contribution in [1.82, 2.24) is 0 Å². The SMILES string of the molecule is CC[C@H](O)/C=C/C=C\C[C@H](O)/C=C/C=C/C=C\[C@H](O)CCCC(=O)O. The van der Waals surface area contributed by atoms with Gasteiger partial charge in [0.1, 0.15) is 0 Å². The van der Waals surface area contributed by atoms with E-state index in [4.69, 9.17) is 5.11 Å². The largest absolute Gasteiger partial charge is 0.481 e. The molecule has 0 aliphatic carbocycles. The second kappa shape index (κ2) is 15.6. The van der Waals surface area contributed by atoms with Crippen LogP contribution in [0.3, 0.4) is 0 Å². The molecule has 0 rings (SSSR count). The maximum atomic E-state index is 10.3. The highest BCUT2D eigenvalue weighted by Gasteiger charge is 2.01. The third-order valence-corrected chi connectivity index (χ3v) is 3.27. The van der Waals surface area contributed by atoms with E-state index in [0.29, 0.717) is 25.7 Å². The molecular weight excluding hydrogens is 320 g/mol. The van der Waals surface area contributed by atoms with Gasteiger partial charge >= 0.3 is 5.97 Å². The van der Waals surface area contributed by atoms with E-state index in [0.717, 1.165) is 0 Å². The molecule has 0 spiro atoms. The molecule has 0 aromatic heterocycles. The molecule has 25 heavy (non-hydrogen) atoms. The lowest BCUT2D eigenvalue weighted by molar-refractivity contribution is -0.137. The molecule has 5 heteroatoms. The number of hydrogen-bond acceptors (Lipinski definition) is 4. The molecule has 140 valence electrons. The third-order valence-electron chi connectivity index (χ3n) is 3.27. The lowest BCUT2D eigenvalue weighted by atomic mass is 10.1. The van der Waals surface area contributed by atoms with Crippen LogP contribution in [0.2, 0.25) is 0 Å². The Morgan fingerprint density at radius 1 is 0.840 bits per heavy atom. The molecule has 0 aromatic carbocycles. The van der Waals surface area contributed by atoms with Crippen LogP contribution in [0.1, 0.15) is 39.0 Å². The highest BCUT2D eigenvalue weighted by atomic mass is 16.4. The molecule has 0 saturated carbocycles. The van der Waals surface area contributed by atoms with E-state index in [-0.39, 0.29) is 6.42 Å². The maximum Gasteiger partial charge on any atom is 0.303 e. The van der Waals surface area contributed by atoms with Crippen molar-refractivity contribution in [1.29, 1.82) is 0 Å². The number of allylic oxidation sites excluding steroid dienone is 6. The van der Waals surface area contributed by atoms with E-state index in [1.165, 1.54) is 0 Å². The van der Waals surface area contributed by atoms with E-state index in [2.05, 4.69) is 0 Å². The summed E-state index contributed by atoms with van der Waals surface area (Å²) >= 11 is 0. The Bertz CT molecular complexity index is 488. The third kappa shape index (κ3) is 16.7. The van der Waals surface area contributed by atoms with Gasteiger partial charge in [-0.15, -0.1) is 0 Å². The monoisotopic (exact) mass is 350 g/mol. The first-order chi connectivity index (χ1) is 12.0. The Hall–Kier alpha value is -1.95. The van der Waals surface area contributed by atoms with E-state index < -0.39 is 24.3 Å². The van der Waals surface area contributed by atoms with Crippen molar-refractivity contribution in [3.63, 3.8) is 0 Å². The average molecular weight is 350 g/mol. The minimum absolute atomic E-state index is 0.0603. The number of aliphatic carboxylic acids is 1. The fourth-order valence-corrected chi connectivity index (χ4v) is 1.78. The Labute approximate surface area is 150 Å². The topological polar surface area (TPSA) is 98.0 Å². The van der Waals surface area contributed by atoms with Gasteiger partial charge in [-0.25, -0.2) is 0 Å². The highest BCUT2D eigenvalue weighted by Crippen LogP contribution is 2.02. The van der Waals surface area contributed by atoms with Gasteiger partial charge in [0.2, 0.25) is 0 Å². The highest BCUT2D eigenvalue weighted by molar-refractivity contribution is 5.66. The molecule has 0 radical (unpaired) electrons. The standard InChI is InChI=1S/C20H30O5/c1-2-17(21)11-8-5-9-14-18(22)12-6-3-4-7-13-19(23)15-10-16-20(24)25/h3-9,11-13,17-19,21-23H,2,10,14-16H2,1H3,(H,24,25)/b4-3+,9-5-,11-8+,12-6+,13-7-/t17-,18+,19-/m0/s1. The van der Waals surface area contributed by atoms with E-state index in [9.17, 15) is 20.1 Å². The van der Waals surface area contributed by atoms with Crippen LogP contribution < -0.4 is 0 Å². The zero-order valence-electron chi connectivity index (χ0n) is 14.7. The van der Waals surface area contributed by atoms with Gasteiger partial charge in [0.15, 0.2) is 0 Å². The molecule has 0 saturated heterocycles. The first-order valence-corrected chi connectivity index (χ1v) is 8.56. The molecule has 4 N–H and O–H groups in total. The van der Waals surface area contributed by atoms with Gasteiger partial charge in [-0.3, -0.25) is 4.79 Å². The second-order valence-electron chi connectivity index (χ2n) is 5.60. The van der Waals surface area contributed by atoms with Gasteiger partial charge < -0.3 is 20.4 Å². The zero-order chi connectivity index (χ0) is 18.9. The normalized spacial score (nSPS) is 16.6. The van der Waals surface area contributed by atoms with Gasteiger partial charge in [0.05, 0.1) is 18.3 Å². The van der Waals surface area contributed by atoms with Crippen LogP contribution in [-0.2, 0) is 4.79 Å². The first kappa shape index (κ1) is 23.1. The number of aliphatic hydroxyl groups excluding tert-OH is 3. The van der Waals surface area contributed by atoms with Gasteiger partial charge in [-0.2, -0.15) is 0 Å². The summed E-state index contributed by atoms with van der Waals surface area (Å²) in [6.07, 6.45) is 17.6. The van der Waals surface area contributed by atoms with Crippen molar-refractivity contribution in [2.45, 2.75) is 57.3 Å². The molecule has 0 bridgehead atoms. The Kier molecular flexibility index (Phi) is 14.4. The molecular formula is C20H30O5. The van der Waals surface area contributed by atoms with Crippen LogP contribution in [0.25, 0.3) is 0 Å². The summed E-state index contributed by atoms with van der Waals surface area (Å²) in [5.74, 6) is -0.857. The van der Waals surface area contributed by atoms with Crippen molar-refractivity contribution in [2.75, 3.05) is 0 Å². The number of hydrogen-bond donors (Lipinski definition) is 4. The van der Waals surface area contributed by atoms with Gasteiger partial charge in [-0.1, -0.05) is 67.7 Å². The molecule has 0 heterocycles. The number of carbonyl (C=O) groups is 1. The predicted molar refractivity (Wildman–Crippen MR) is 100 cm³/mol. The summed E-state index contributed by atoms with van der Waals surface area (Å²) in [6.45, 7) is 1.90. The fraction of sp³-hybridized carbons (Fsp3) is 0.450. The Morgan fingerprint density at radius 2 is 1.40 bits per heavy atom. The van der Waals surface area contributed by atoms with Crippen molar-refractivity contribution < 1.29 is 25.2 Å². The zero-order valence-corrected chi connectivity index (χ0v) is 14.7.